The Kier molecular flexibility index (Phi) is 4.77. The van der Waals surface area contributed by atoms with E-state index in [-0.39, 0.29) is 11.0 Å². The first kappa shape index (κ1) is 14.8. The van der Waals surface area contributed by atoms with Crippen LogP contribution in [0.1, 0.15) is 29.3 Å². The Labute approximate surface area is 123 Å². The number of carbonyl (C=O) groups excluding carboxylic acids is 1. The number of hydrogen-bond acceptors (Lipinski definition) is 3. The van der Waals surface area contributed by atoms with Crippen molar-refractivity contribution in [2.24, 2.45) is 0 Å². The summed E-state index contributed by atoms with van der Waals surface area (Å²) in [7, 11) is 0. The van der Waals surface area contributed by atoms with Gasteiger partial charge in [-0.25, -0.2) is 0 Å². The van der Waals surface area contributed by atoms with Gasteiger partial charge in [-0.3, -0.25) is 9.59 Å². The molecule has 0 unspecified atom stereocenters. The third-order valence-electron chi connectivity index (χ3n) is 2.92. The number of rotatable bonds is 5. The fourth-order valence-electron chi connectivity index (χ4n) is 1.85. The molecule has 0 saturated heterocycles. The first-order valence-electron chi connectivity index (χ1n) is 6.83. The van der Waals surface area contributed by atoms with Crippen LogP contribution in [0.25, 0.3) is 0 Å². The Hall–Kier alpha value is -2.56. The summed E-state index contributed by atoms with van der Waals surface area (Å²) in [6.45, 7) is 4.53. The number of anilines is 1. The van der Waals surface area contributed by atoms with Crippen molar-refractivity contribution in [2.45, 2.75) is 20.3 Å². The van der Waals surface area contributed by atoms with Gasteiger partial charge in [0.05, 0.1) is 12.3 Å². The molecule has 0 fully saturated rings. The van der Waals surface area contributed by atoms with E-state index in [0.29, 0.717) is 18.0 Å². The van der Waals surface area contributed by atoms with E-state index in [0.717, 1.165) is 12.0 Å². The van der Waals surface area contributed by atoms with Gasteiger partial charge in [-0.05, 0) is 31.0 Å². The van der Waals surface area contributed by atoms with E-state index in [1.54, 1.807) is 6.07 Å². The van der Waals surface area contributed by atoms with Crippen LogP contribution >= 0.6 is 0 Å². The van der Waals surface area contributed by atoms with E-state index in [1.807, 2.05) is 26.0 Å². The van der Waals surface area contributed by atoms with Gasteiger partial charge in [0.1, 0.15) is 11.3 Å². The summed E-state index contributed by atoms with van der Waals surface area (Å²) in [5, 5.41) is 2.72. The normalized spacial score (nSPS) is 10.2. The first-order chi connectivity index (χ1) is 10.1. The maximum atomic E-state index is 12.2. The van der Waals surface area contributed by atoms with Crippen molar-refractivity contribution >= 4 is 11.6 Å². The summed E-state index contributed by atoms with van der Waals surface area (Å²) in [6, 6.07) is 6.83. The minimum absolute atomic E-state index is 0.0690. The number of ether oxygens (including phenoxy) is 1. The molecular weight excluding hydrogens is 268 g/mol. The molecule has 0 radical (unpaired) electrons. The number of pyridine rings is 1. The molecule has 5 nitrogen and oxygen atoms in total. The topological polar surface area (TPSA) is 71.2 Å². The molecular formula is C16H18N2O3. The van der Waals surface area contributed by atoms with Crippen LogP contribution < -0.4 is 15.5 Å². The molecule has 1 aromatic heterocycles. The highest BCUT2D eigenvalue weighted by Gasteiger charge is 2.12. The van der Waals surface area contributed by atoms with Gasteiger partial charge in [0.25, 0.3) is 5.91 Å². The molecule has 0 aliphatic carbocycles. The number of nitrogens with one attached hydrogen (secondary N) is 2. The second-order valence-corrected chi connectivity index (χ2v) is 4.72. The average molecular weight is 286 g/mol. The Bertz CT molecular complexity index is 692. The van der Waals surface area contributed by atoms with E-state index < -0.39 is 5.91 Å². The smallest absolute Gasteiger partial charge is 0.261 e. The van der Waals surface area contributed by atoms with Crippen molar-refractivity contribution in [2.75, 3.05) is 11.9 Å². The van der Waals surface area contributed by atoms with Crippen LogP contribution in [0.3, 0.4) is 0 Å². The highest BCUT2D eigenvalue weighted by atomic mass is 16.5. The molecule has 21 heavy (non-hydrogen) atoms. The molecule has 2 rings (SSSR count). The number of aromatic nitrogens is 1. The fourth-order valence-corrected chi connectivity index (χ4v) is 1.85. The van der Waals surface area contributed by atoms with Crippen molar-refractivity contribution in [3.05, 3.63) is 58.0 Å². The molecule has 0 saturated carbocycles. The number of carbonyl (C=O) groups is 1. The van der Waals surface area contributed by atoms with Crippen LogP contribution in [0.15, 0.2) is 41.5 Å². The Morgan fingerprint density at radius 1 is 1.33 bits per heavy atom. The Morgan fingerprint density at radius 3 is 2.86 bits per heavy atom. The van der Waals surface area contributed by atoms with Gasteiger partial charge in [0, 0.05) is 18.5 Å². The van der Waals surface area contributed by atoms with Crippen molar-refractivity contribution in [1.82, 2.24) is 4.98 Å². The molecule has 0 aliphatic heterocycles. The second kappa shape index (κ2) is 6.74. The van der Waals surface area contributed by atoms with Gasteiger partial charge >= 0.3 is 0 Å². The predicted molar refractivity (Wildman–Crippen MR) is 82.0 cm³/mol. The zero-order valence-corrected chi connectivity index (χ0v) is 12.1. The molecule has 110 valence electrons. The number of benzene rings is 1. The van der Waals surface area contributed by atoms with Crippen molar-refractivity contribution in [3.63, 3.8) is 0 Å². The van der Waals surface area contributed by atoms with Crippen LogP contribution in [0, 0.1) is 6.92 Å². The summed E-state index contributed by atoms with van der Waals surface area (Å²) in [4.78, 5) is 26.5. The lowest BCUT2D eigenvalue weighted by atomic mass is 10.2. The quantitative estimate of drug-likeness (QED) is 0.887. The number of aromatic amines is 1. The van der Waals surface area contributed by atoms with E-state index in [1.165, 1.54) is 18.5 Å². The molecule has 1 heterocycles. The van der Waals surface area contributed by atoms with Crippen LogP contribution in [-0.4, -0.2) is 17.5 Å². The van der Waals surface area contributed by atoms with Crippen LogP contribution in [0.4, 0.5) is 5.69 Å². The molecule has 1 aromatic carbocycles. The van der Waals surface area contributed by atoms with E-state index in [9.17, 15) is 9.59 Å². The largest absolute Gasteiger partial charge is 0.491 e. The van der Waals surface area contributed by atoms with E-state index >= 15 is 0 Å². The lowest BCUT2D eigenvalue weighted by Crippen LogP contribution is -2.21. The highest BCUT2D eigenvalue weighted by molar-refractivity contribution is 6.04. The average Bonchev–Trinajstić information content (AvgIpc) is 2.47. The van der Waals surface area contributed by atoms with Gasteiger partial charge in [-0.1, -0.05) is 13.0 Å². The first-order valence-corrected chi connectivity index (χ1v) is 6.83. The Morgan fingerprint density at radius 2 is 2.14 bits per heavy atom. The van der Waals surface area contributed by atoms with Crippen molar-refractivity contribution in [3.8, 4) is 5.75 Å². The molecule has 1 amide bonds. The van der Waals surface area contributed by atoms with Gasteiger partial charge in [-0.2, -0.15) is 0 Å². The minimum Gasteiger partial charge on any atom is -0.491 e. The molecule has 2 N–H and O–H groups in total. The summed E-state index contributed by atoms with van der Waals surface area (Å²) >= 11 is 0. The zero-order valence-electron chi connectivity index (χ0n) is 12.1. The lowest BCUT2D eigenvalue weighted by molar-refractivity contribution is 0.102. The van der Waals surface area contributed by atoms with Gasteiger partial charge in [0.15, 0.2) is 5.43 Å². The van der Waals surface area contributed by atoms with Crippen LogP contribution in [-0.2, 0) is 0 Å². The third kappa shape index (κ3) is 3.72. The second-order valence-electron chi connectivity index (χ2n) is 4.72. The van der Waals surface area contributed by atoms with Crippen molar-refractivity contribution < 1.29 is 9.53 Å². The standard InChI is InChI=1S/C16H18N2O3/c1-3-8-21-15-9-11(2)4-5-13(15)18-16(20)12-10-17-7-6-14(12)19/h4-7,9-10H,3,8H2,1-2H3,(H,17,19)(H,18,20). The summed E-state index contributed by atoms with van der Waals surface area (Å²) in [6.07, 6.45) is 3.75. The lowest BCUT2D eigenvalue weighted by Gasteiger charge is -2.12. The predicted octanol–water partition coefficient (Wildman–Crippen LogP) is 2.72. The molecule has 2 aromatic rings. The number of hydrogen-bond donors (Lipinski definition) is 2. The SMILES string of the molecule is CCCOc1cc(C)ccc1NC(=O)c1c[nH]ccc1=O. The van der Waals surface area contributed by atoms with Gasteiger partial charge in [-0.15, -0.1) is 0 Å². The maximum Gasteiger partial charge on any atom is 0.261 e. The Balaban J connectivity index is 2.25. The monoisotopic (exact) mass is 286 g/mol. The molecule has 5 heteroatoms. The van der Waals surface area contributed by atoms with E-state index in [4.69, 9.17) is 4.74 Å². The maximum absolute atomic E-state index is 12.2. The third-order valence-corrected chi connectivity index (χ3v) is 2.92. The molecule has 0 aliphatic rings. The van der Waals surface area contributed by atoms with Gasteiger partial charge in [0.2, 0.25) is 0 Å². The van der Waals surface area contributed by atoms with Crippen LogP contribution in [0.5, 0.6) is 5.75 Å². The number of aryl methyl sites for hydroxylation is 1. The number of H-pyrrole nitrogens is 1. The molecule has 0 spiro atoms. The minimum atomic E-state index is -0.456. The van der Waals surface area contributed by atoms with Crippen molar-refractivity contribution in [1.29, 1.82) is 0 Å². The summed E-state index contributed by atoms with van der Waals surface area (Å²) in [5.74, 6) is 0.152. The highest BCUT2D eigenvalue weighted by Crippen LogP contribution is 2.26. The molecule has 0 atom stereocenters. The zero-order chi connectivity index (χ0) is 15.2. The number of amides is 1. The fraction of sp³-hybridized carbons (Fsp3) is 0.250. The van der Waals surface area contributed by atoms with Gasteiger partial charge < -0.3 is 15.0 Å². The van der Waals surface area contributed by atoms with Crippen LogP contribution in [0.2, 0.25) is 0 Å². The molecule has 0 bridgehead atoms. The van der Waals surface area contributed by atoms with E-state index in [2.05, 4.69) is 10.3 Å². The summed E-state index contributed by atoms with van der Waals surface area (Å²) in [5.41, 5.74) is 1.34. The summed E-state index contributed by atoms with van der Waals surface area (Å²) < 4.78 is 5.63.